The molecule has 122 valence electrons. The predicted octanol–water partition coefficient (Wildman–Crippen LogP) is 3.85. The first-order chi connectivity index (χ1) is 10.2. The summed E-state index contributed by atoms with van der Waals surface area (Å²) in [5.74, 6) is 3.05. The van der Waals surface area contributed by atoms with Gasteiger partial charge in [-0.3, -0.25) is 4.99 Å². The molecular formula is C16H23BrIN3S. The summed E-state index contributed by atoms with van der Waals surface area (Å²) in [6.45, 7) is 2.88. The molecule has 1 aromatic rings. The number of guanidine groups is 1. The highest BCUT2D eigenvalue weighted by Gasteiger charge is 2.38. The summed E-state index contributed by atoms with van der Waals surface area (Å²) in [5, 5.41) is 0. The van der Waals surface area contributed by atoms with Crippen LogP contribution in [0.2, 0.25) is 0 Å². The molecule has 1 saturated carbocycles. The molecule has 6 heteroatoms. The molecular weight excluding hydrogens is 473 g/mol. The Labute approximate surface area is 162 Å². The summed E-state index contributed by atoms with van der Waals surface area (Å²) < 4.78 is 1.15. The van der Waals surface area contributed by atoms with Crippen molar-refractivity contribution >= 4 is 57.6 Å². The summed E-state index contributed by atoms with van der Waals surface area (Å²) in [7, 11) is 0. The minimum atomic E-state index is 0. The molecule has 3 rings (SSSR count). The van der Waals surface area contributed by atoms with Crippen LogP contribution < -0.4 is 5.73 Å². The van der Waals surface area contributed by atoms with Gasteiger partial charge in [0.15, 0.2) is 5.96 Å². The van der Waals surface area contributed by atoms with Crippen LogP contribution in [0.3, 0.4) is 0 Å². The topological polar surface area (TPSA) is 41.6 Å². The Kier molecular flexibility index (Phi) is 6.89. The maximum Gasteiger partial charge on any atom is 0.191 e. The van der Waals surface area contributed by atoms with Gasteiger partial charge in [-0.15, -0.1) is 24.0 Å². The van der Waals surface area contributed by atoms with Crippen molar-refractivity contribution in [2.45, 2.75) is 24.7 Å². The second-order valence-electron chi connectivity index (χ2n) is 5.92. The Morgan fingerprint density at radius 1 is 1.32 bits per heavy atom. The zero-order valence-electron chi connectivity index (χ0n) is 12.6. The molecule has 0 aromatic heterocycles. The van der Waals surface area contributed by atoms with Crippen LogP contribution in [0.15, 0.2) is 33.7 Å². The summed E-state index contributed by atoms with van der Waals surface area (Å²) in [6.07, 6.45) is 3.73. The molecule has 1 aliphatic heterocycles. The van der Waals surface area contributed by atoms with Crippen LogP contribution in [0.4, 0.5) is 0 Å². The maximum atomic E-state index is 6.20. The zero-order valence-corrected chi connectivity index (χ0v) is 17.4. The number of thioether (sulfide) groups is 1. The van der Waals surface area contributed by atoms with Crippen LogP contribution in [0, 0.1) is 0 Å². The second kappa shape index (κ2) is 8.24. The van der Waals surface area contributed by atoms with Crippen LogP contribution in [-0.4, -0.2) is 42.0 Å². The van der Waals surface area contributed by atoms with Gasteiger partial charge < -0.3 is 10.6 Å². The van der Waals surface area contributed by atoms with Crippen molar-refractivity contribution in [2.24, 2.45) is 10.7 Å². The molecule has 2 aliphatic rings. The van der Waals surface area contributed by atoms with Crippen LogP contribution in [-0.2, 0) is 5.41 Å². The number of rotatable bonds is 3. The maximum absolute atomic E-state index is 6.20. The van der Waals surface area contributed by atoms with E-state index in [9.17, 15) is 0 Å². The Balaban J connectivity index is 0.00000176. The molecule has 0 amide bonds. The molecule has 1 aliphatic carbocycles. The number of halogens is 2. The van der Waals surface area contributed by atoms with Gasteiger partial charge in [-0.25, -0.2) is 0 Å². The van der Waals surface area contributed by atoms with Crippen LogP contribution in [0.1, 0.15) is 24.8 Å². The van der Waals surface area contributed by atoms with Gasteiger partial charge in [0.05, 0.1) is 6.54 Å². The van der Waals surface area contributed by atoms with Gasteiger partial charge in [-0.1, -0.05) is 34.5 Å². The lowest BCUT2D eigenvalue weighted by Crippen LogP contribution is -2.44. The highest BCUT2D eigenvalue weighted by atomic mass is 127. The van der Waals surface area contributed by atoms with E-state index in [0.717, 1.165) is 41.6 Å². The van der Waals surface area contributed by atoms with Crippen LogP contribution in [0.25, 0.3) is 0 Å². The van der Waals surface area contributed by atoms with E-state index in [1.807, 2.05) is 11.8 Å². The number of nitrogens with two attached hydrogens (primary N) is 1. The van der Waals surface area contributed by atoms with Gasteiger partial charge in [0.1, 0.15) is 0 Å². The number of nitrogens with zero attached hydrogens (tertiary/aromatic N) is 2. The minimum absolute atomic E-state index is 0. The van der Waals surface area contributed by atoms with Crippen molar-refractivity contribution in [3.63, 3.8) is 0 Å². The average molecular weight is 496 g/mol. The normalized spacial score (nSPS) is 21.0. The molecule has 2 N–H and O–H groups in total. The number of benzene rings is 1. The van der Waals surface area contributed by atoms with E-state index in [2.05, 4.69) is 45.1 Å². The third-order valence-electron chi connectivity index (χ3n) is 4.63. The fraction of sp³-hybridized carbons (Fsp3) is 0.562. The molecule has 0 radical (unpaired) electrons. The molecule has 0 bridgehead atoms. The molecule has 2 fully saturated rings. The largest absolute Gasteiger partial charge is 0.370 e. The minimum Gasteiger partial charge on any atom is -0.370 e. The lowest BCUT2D eigenvalue weighted by atomic mass is 9.64. The highest BCUT2D eigenvalue weighted by Crippen LogP contribution is 2.44. The Bertz CT molecular complexity index is 528. The summed E-state index contributed by atoms with van der Waals surface area (Å²) in [6, 6.07) is 8.67. The third-order valence-corrected chi connectivity index (χ3v) is 6.06. The molecule has 1 saturated heterocycles. The van der Waals surface area contributed by atoms with Gasteiger partial charge >= 0.3 is 0 Å². The van der Waals surface area contributed by atoms with Gasteiger partial charge in [0, 0.05) is 34.5 Å². The molecule has 0 atom stereocenters. The van der Waals surface area contributed by atoms with Crippen molar-refractivity contribution in [2.75, 3.05) is 31.1 Å². The Hall–Kier alpha value is 0.0500. The van der Waals surface area contributed by atoms with Crippen molar-refractivity contribution in [3.05, 3.63) is 34.3 Å². The fourth-order valence-corrected chi connectivity index (χ4v) is 4.39. The number of hydrogen-bond donors (Lipinski definition) is 1. The SMILES string of the molecule is I.NC(=NCC1(c2cccc(Br)c2)CCC1)N1CCSCC1. The molecule has 0 unspecified atom stereocenters. The van der Waals surface area contributed by atoms with Gasteiger partial charge in [-0.2, -0.15) is 11.8 Å². The van der Waals surface area contributed by atoms with E-state index >= 15 is 0 Å². The fourth-order valence-electron chi connectivity index (χ4n) is 3.08. The zero-order chi connectivity index (χ0) is 14.7. The monoisotopic (exact) mass is 495 g/mol. The van der Waals surface area contributed by atoms with Crippen molar-refractivity contribution in [1.82, 2.24) is 4.90 Å². The molecule has 3 nitrogen and oxygen atoms in total. The summed E-state index contributed by atoms with van der Waals surface area (Å²) >= 11 is 5.58. The summed E-state index contributed by atoms with van der Waals surface area (Å²) in [4.78, 5) is 6.97. The van der Waals surface area contributed by atoms with Crippen LogP contribution >= 0.6 is 51.7 Å². The lowest BCUT2D eigenvalue weighted by Gasteiger charge is -2.41. The van der Waals surface area contributed by atoms with E-state index in [1.54, 1.807) is 0 Å². The van der Waals surface area contributed by atoms with E-state index in [4.69, 9.17) is 10.7 Å². The average Bonchev–Trinajstić information content (AvgIpc) is 2.47. The highest BCUT2D eigenvalue weighted by molar-refractivity contribution is 14.0. The Morgan fingerprint density at radius 2 is 2.05 bits per heavy atom. The van der Waals surface area contributed by atoms with Crippen molar-refractivity contribution in [1.29, 1.82) is 0 Å². The number of hydrogen-bond acceptors (Lipinski definition) is 2. The molecule has 1 aromatic carbocycles. The second-order valence-corrected chi connectivity index (χ2v) is 8.06. The van der Waals surface area contributed by atoms with Crippen molar-refractivity contribution in [3.8, 4) is 0 Å². The lowest BCUT2D eigenvalue weighted by molar-refractivity contribution is 0.252. The van der Waals surface area contributed by atoms with Crippen LogP contribution in [0.5, 0.6) is 0 Å². The molecule has 1 heterocycles. The summed E-state index contributed by atoms with van der Waals surface area (Å²) in [5.41, 5.74) is 7.80. The first-order valence-corrected chi connectivity index (χ1v) is 9.53. The predicted molar refractivity (Wildman–Crippen MR) is 110 cm³/mol. The van der Waals surface area contributed by atoms with E-state index in [0.29, 0.717) is 0 Å². The number of aliphatic imine (C=N–C) groups is 1. The van der Waals surface area contributed by atoms with E-state index in [1.165, 1.54) is 24.8 Å². The quantitative estimate of drug-likeness (QED) is 0.393. The van der Waals surface area contributed by atoms with Gasteiger partial charge in [0.25, 0.3) is 0 Å². The van der Waals surface area contributed by atoms with Crippen molar-refractivity contribution < 1.29 is 0 Å². The third kappa shape index (κ3) is 4.12. The molecule has 0 spiro atoms. The Morgan fingerprint density at radius 3 is 2.64 bits per heavy atom. The first-order valence-electron chi connectivity index (χ1n) is 7.58. The molecule has 22 heavy (non-hydrogen) atoms. The van der Waals surface area contributed by atoms with E-state index in [-0.39, 0.29) is 29.4 Å². The first kappa shape index (κ1) is 18.4. The van der Waals surface area contributed by atoms with E-state index < -0.39 is 0 Å². The van der Waals surface area contributed by atoms with Gasteiger partial charge in [-0.05, 0) is 30.5 Å². The van der Waals surface area contributed by atoms with Gasteiger partial charge in [0.2, 0.25) is 0 Å². The smallest absolute Gasteiger partial charge is 0.191 e. The standard InChI is InChI=1S/C16H22BrN3S.HI/c17-14-4-1-3-13(11-14)16(5-2-6-16)12-19-15(18)20-7-9-21-10-8-20;/h1,3-4,11H,2,5-10,12H2,(H2,18,19);1H.